The number of aromatic nitrogens is 2. The van der Waals surface area contributed by atoms with Gasteiger partial charge in [0.1, 0.15) is 12.4 Å². The zero-order valence-electron chi connectivity index (χ0n) is 15.7. The maximum atomic E-state index is 5.75. The van der Waals surface area contributed by atoms with Crippen LogP contribution in [0.15, 0.2) is 77.9 Å². The van der Waals surface area contributed by atoms with Crippen LogP contribution < -0.4 is 10.1 Å². The van der Waals surface area contributed by atoms with Gasteiger partial charge in [0.05, 0.1) is 24.5 Å². The normalized spacial score (nSPS) is 11.3. The Morgan fingerprint density at radius 3 is 2.48 bits per heavy atom. The van der Waals surface area contributed by atoms with Crippen molar-refractivity contribution in [2.24, 2.45) is 4.99 Å². The molecule has 27 heavy (non-hydrogen) atoms. The minimum absolute atomic E-state index is 0.587. The number of benzene rings is 2. The van der Waals surface area contributed by atoms with E-state index in [2.05, 4.69) is 15.4 Å². The van der Waals surface area contributed by atoms with Gasteiger partial charge in [0.15, 0.2) is 5.96 Å². The third kappa shape index (κ3) is 5.34. The highest BCUT2D eigenvalue weighted by Gasteiger charge is 2.07. The van der Waals surface area contributed by atoms with Gasteiger partial charge in [-0.2, -0.15) is 5.10 Å². The number of nitrogens with one attached hydrogen (secondary N) is 1. The Labute approximate surface area is 160 Å². The second-order valence-corrected chi connectivity index (χ2v) is 6.07. The SMILES string of the molecule is CN=C(NCc1ccn(-c2ccccc2)n1)N(C)CCOc1ccccc1. The van der Waals surface area contributed by atoms with Crippen molar-refractivity contribution in [1.29, 1.82) is 0 Å². The molecule has 0 atom stereocenters. The molecule has 1 heterocycles. The first-order valence-electron chi connectivity index (χ1n) is 8.96. The van der Waals surface area contributed by atoms with Crippen molar-refractivity contribution in [3.8, 4) is 11.4 Å². The van der Waals surface area contributed by atoms with Crippen molar-refractivity contribution in [2.75, 3.05) is 27.2 Å². The highest BCUT2D eigenvalue weighted by atomic mass is 16.5. The molecule has 0 aliphatic carbocycles. The van der Waals surface area contributed by atoms with E-state index in [1.807, 2.05) is 89.6 Å². The molecule has 0 fully saturated rings. The molecule has 0 aliphatic heterocycles. The lowest BCUT2D eigenvalue weighted by molar-refractivity contribution is 0.281. The van der Waals surface area contributed by atoms with Gasteiger partial charge in [-0.3, -0.25) is 4.99 Å². The first kappa shape index (κ1) is 18.5. The Morgan fingerprint density at radius 1 is 1.07 bits per heavy atom. The molecule has 3 aromatic rings. The van der Waals surface area contributed by atoms with Crippen LogP contribution >= 0.6 is 0 Å². The van der Waals surface area contributed by atoms with Crippen molar-refractivity contribution in [2.45, 2.75) is 6.54 Å². The number of rotatable bonds is 7. The number of hydrogen-bond acceptors (Lipinski definition) is 3. The van der Waals surface area contributed by atoms with Crippen LogP contribution in [0.4, 0.5) is 0 Å². The van der Waals surface area contributed by atoms with Crippen molar-refractivity contribution in [1.82, 2.24) is 20.0 Å². The third-order valence-electron chi connectivity index (χ3n) is 4.10. The standard InChI is InChI=1S/C21H25N5O/c1-22-21(25(2)15-16-27-20-11-7-4-8-12-20)23-17-18-13-14-26(24-18)19-9-5-3-6-10-19/h3-14H,15-17H2,1-2H3,(H,22,23). The molecule has 0 aliphatic rings. The Hall–Kier alpha value is -3.28. The lowest BCUT2D eigenvalue weighted by atomic mass is 10.3. The lowest BCUT2D eigenvalue weighted by Gasteiger charge is -2.21. The number of hydrogen-bond donors (Lipinski definition) is 1. The van der Waals surface area contributed by atoms with Crippen LogP contribution in [-0.2, 0) is 6.54 Å². The van der Waals surface area contributed by atoms with Gasteiger partial charge in [-0.25, -0.2) is 4.68 Å². The smallest absolute Gasteiger partial charge is 0.193 e. The van der Waals surface area contributed by atoms with Crippen molar-refractivity contribution in [3.63, 3.8) is 0 Å². The van der Waals surface area contributed by atoms with Gasteiger partial charge in [-0.05, 0) is 30.3 Å². The van der Waals surface area contributed by atoms with E-state index in [-0.39, 0.29) is 0 Å². The number of aliphatic imine (C=N–C) groups is 1. The number of ether oxygens (including phenoxy) is 1. The largest absolute Gasteiger partial charge is 0.492 e. The molecule has 0 saturated heterocycles. The summed E-state index contributed by atoms with van der Waals surface area (Å²) in [6.45, 7) is 1.92. The van der Waals surface area contributed by atoms with E-state index in [4.69, 9.17) is 4.74 Å². The Morgan fingerprint density at radius 2 is 1.78 bits per heavy atom. The number of likely N-dealkylation sites (N-methyl/N-ethyl adjacent to an activating group) is 1. The van der Waals surface area contributed by atoms with E-state index in [1.54, 1.807) is 7.05 Å². The van der Waals surface area contributed by atoms with Crippen LogP contribution in [0.2, 0.25) is 0 Å². The van der Waals surface area contributed by atoms with E-state index < -0.39 is 0 Å². The fourth-order valence-electron chi connectivity index (χ4n) is 2.66. The number of nitrogens with zero attached hydrogens (tertiary/aromatic N) is 4. The molecule has 140 valence electrons. The molecule has 0 radical (unpaired) electrons. The Kier molecular flexibility index (Phi) is 6.46. The van der Waals surface area contributed by atoms with Gasteiger partial charge in [0, 0.05) is 20.3 Å². The van der Waals surface area contributed by atoms with Crippen LogP contribution in [0.1, 0.15) is 5.69 Å². The van der Waals surface area contributed by atoms with Gasteiger partial charge < -0.3 is 15.0 Å². The van der Waals surface area contributed by atoms with Crippen LogP contribution in [-0.4, -0.2) is 47.9 Å². The molecule has 2 aromatic carbocycles. The van der Waals surface area contributed by atoms with E-state index in [0.717, 1.165) is 29.6 Å². The summed E-state index contributed by atoms with van der Waals surface area (Å²) in [5, 5.41) is 7.95. The summed E-state index contributed by atoms with van der Waals surface area (Å²) in [6.07, 6.45) is 1.96. The van der Waals surface area contributed by atoms with Gasteiger partial charge in [-0.15, -0.1) is 0 Å². The average molecular weight is 363 g/mol. The molecule has 6 heteroatoms. The lowest BCUT2D eigenvalue weighted by Crippen LogP contribution is -2.40. The van der Waals surface area contributed by atoms with Crippen LogP contribution in [0, 0.1) is 0 Å². The van der Waals surface area contributed by atoms with Crippen LogP contribution in [0.5, 0.6) is 5.75 Å². The third-order valence-corrected chi connectivity index (χ3v) is 4.10. The zero-order valence-corrected chi connectivity index (χ0v) is 15.7. The predicted octanol–water partition coefficient (Wildman–Crippen LogP) is 2.96. The van der Waals surface area contributed by atoms with Crippen LogP contribution in [0.25, 0.3) is 5.69 Å². The number of guanidine groups is 1. The molecule has 0 bridgehead atoms. The van der Waals surface area contributed by atoms with Gasteiger partial charge >= 0.3 is 0 Å². The maximum absolute atomic E-state index is 5.75. The fraction of sp³-hybridized carbons (Fsp3) is 0.238. The molecule has 0 spiro atoms. The zero-order chi connectivity index (χ0) is 18.9. The minimum Gasteiger partial charge on any atom is -0.492 e. The summed E-state index contributed by atoms with van der Waals surface area (Å²) in [7, 11) is 3.77. The fourth-order valence-corrected chi connectivity index (χ4v) is 2.66. The molecular formula is C21H25N5O. The van der Waals surface area contributed by atoms with E-state index in [0.29, 0.717) is 13.2 Å². The highest BCUT2D eigenvalue weighted by molar-refractivity contribution is 5.79. The molecular weight excluding hydrogens is 338 g/mol. The van der Waals surface area contributed by atoms with Gasteiger partial charge in [0.2, 0.25) is 0 Å². The average Bonchev–Trinajstić information content (AvgIpc) is 3.19. The number of para-hydroxylation sites is 2. The van der Waals surface area contributed by atoms with E-state index >= 15 is 0 Å². The summed E-state index contributed by atoms with van der Waals surface area (Å²) in [5.74, 6) is 1.68. The maximum Gasteiger partial charge on any atom is 0.193 e. The monoisotopic (exact) mass is 363 g/mol. The topological polar surface area (TPSA) is 54.7 Å². The van der Waals surface area contributed by atoms with Crippen molar-refractivity contribution in [3.05, 3.63) is 78.6 Å². The molecule has 0 saturated carbocycles. The molecule has 0 amide bonds. The first-order chi connectivity index (χ1) is 13.3. The quantitative estimate of drug-likeness (QED) is 0.518. The second-order valence-electron chi connectivity index (χ2n) is 6.07. The minimum atomic E-state index is 0.587. The summed E-state index contributed by atoms with van der Waals surface area (Å²) in [5.41, 5.74) is 2.00. The summed E-state index contributed by atoms with van der Waals surface area (Å²) < 4.78 is 7.62. The Balaban J connectivity index is 1.48. The molecule has 1 N–H and O–H groups in total. The van der Waals surface area contributed by atoms with E-state index in [9.17, 15) is 0 Å². The molecule has 3 rings (SSSR count). The predicted molar refractivity (Wildman–Crippen MR) is 108 cm³/mol. The first-order valence-corrected chi connectivity index (χ1v) is 8.96. The summed E-state index contributed by atoms with van der Waals surface area (Å²) in [6, 6.07) is 21.9. The summed E-state index contributed by atoms with van der Waals surface area (Å²) >= 11 is 0. The van der Waals surface area contributed by atoms with Crippen molar-refractivity contribution >= 4 is 5.96 Å². The second kappa shape index (κ2) is 9.43. The molecule has 1 aromatic heterocycles. The van der Waals surface area contributed by atoms with Gasteiger partial charge in [0.25, 0.3) is 0 Å². The van der Waals surface area contributed by atoms with Gasteiger partial charge in [-0.1, -0.05) is 36.4 Å². The van der Waals surface area contributed by atoms with E-state index in [1.165, 1.54) is 0 Å². The highest BCUT2D eigenvalue weighted by Crippen LogP contribution is 2.08. The molecule has 6 nitrogen and oxygen atoms in total. The Bertz CT molecular complexity index is 845. The molecule has 0 unspecified atom stereocenters. The van der Waals surface area contributed by atoms with Crippen LogP contribution in [0.3, 0.4) is 0 Å². The summed E-state index contributed by atoms with van der Waals surface area (Å²) in [4.78, 5) is 6.37. The van der Waals surface area contributed by atoms with Crippen molar-refractivity contribution < 1.29 is 4.74 Å².